The number of methoxy groups -OCH3 is 1. The second-order valence-corrected chi connectivity index (χ2v) is 6.01. The Hall–Kier alpha value is -0.380. The van der Waals surface area contributed by atoms with E-state index in [1.165, 1.54) is 0 Å². The summed E-state index contributed by atoms with van der Waals surface area (Å²) in [4.78, 5) is 4.25. The molecule has 5 nitrogen and oxygen atoms in total. The Morgan fingerprint density at radius 2 is 2.05 bits per heavy atom. The number of aliphatic hydroxyl groups is 1. The van der Waals surface area contributed by atoms with Crippen molar-refractivity contribution in [1.29, 1.82) is 0 Å². The first-order valence-corrected chi connectivity index (χ1v) is 7.74. The van der Waals surface area contributed by atoms with Gasteiger partial charge in [-0.3, -0.25) is 4.99 Å². The topological polar surface area (TPSA) is 79.9 Å². The molecule has 0 saturated carbocycles. The number of benzene rings is 1. The lowest BCUT2D eigenvalue weighted by atomic mass is 9.91. The monoisotopic (exact) mass is 485 g/mol. The van der Waals surface area contributed by atoms with Crippen LogP contribution in [0.5, 0.6) is 0 Å². The first kappa shape index (κ1) is 21.6. The average molecular weight is 486 g/mol. The molecule has 0 aliphatic carbocycles. The van der Waals surface area contributed by atoms with E-state index in [1.54, 1.807) is 7.11 Å². The number of aliphatic imine (C=N–C) groups is 1. The number of hydrogen-bond acceptors (Lipinski definition) is 3. The zero-order chi connectivity index (χ0) is 15.9. The van der Waals surface area contributed by atoms with Crippen LogP contribution in [0, 0.1) is 0 Å². The van der Waals surface area contributed by atoms with Crippen LogP contribution in [0.25, 0.3) is 0 Å². The van der Waals surface area contributed by atoms with Crippen LogP contribution in [0.2, 0.25) is 0 Å². The molecule has 0 amide bonds. The van der Waals surface area contributed by atoms with Gasteiger partial charge in [0.05, 0.1) is 13.2 Å². The second-order valence-electron chi connectivity index (χ2n) is 5.09. The minimum atomic E-state index is -1.02. The van der Waals surface area contributed by atoms with Gasteiger partial charge in [-0.15, -0.1) is 24.0 Å². The number of nitrogens with two attached hydrogens (primary N) is 1. The highest BCUT2D eigenvalue weighted by atomic mass is 127. The maximum Gasteiger partial charge on any atom is 0.188 e. The molecule has 7 heteroatoms. The molecule has 1 rings (SSSR count). The third-order valence-corrected chi connectivity index (χ3v) is 3.82. The van der Waals surface area contributed by atoms with Gasteiger partial charge in [-0.05, 0) is 31.0 Å². The molecule has 0 heterocycles. The molecule has 0 aliphatic rings. The predicted octanol–water partition coefficient (Wildman–Crippen LogP) is 2.60. The Morgan fingerprint density at radius 1 is 1.45 bits per heavy atom. The number of hydrogen-bond donors (Lipinski definition) is 3. The summed E-state index contributed by atoms with van der Waals surface area (Å²) in [5.74, 6) is 0.309. The number of ether oxygens (including phenoxy) is 1. The highest BCUT2D eigenvalue weighted by Gasteiger charge is 2.26. The average Bonchev–Trinajstić information content (AvgIpc) is 2.45. The van der Waals surface area contributed by atoms with Crippen molar-refractivity contribution in [3.8, 4) is 0 Å². The van der Waals surface area contributed by atoms with Gasteiger partial charge in [0, 0.05) is 17.6 Å². The number of guanidine groups is 1. The van der Waals surface area contributed by atoms with Crippen LogP contribution >= 0.6 is 39.9 Å². The second kappa shape index (κ2) is 10.4. The van der Waals surface area contributed by atoms with E-state index in [1.807, 2.05) is 38.1 Å². The van der Waals surface area contributed by atoms with Gasteiger partial charge in [-0.25, -0.2) is 0 Å². The summed E-state index contributed by atoms with van der Waals surface area (Å²) in [6.07, 6.45) is 0.555. The molecule has 0 radical (unpaired) electrons. The Kier molecular flexibility index (Phi) is 10.2. The Morgan fingerprint density at radius 3 is 2.55 bits per heavy atom. The van der Waals surface area contributed by atoms with Crippen molar-refractivity contribution in [2.75, 3.05) is 20.3 Å². The highest BCUT2D eigenvalue weighted by Crippen LogP contribution is 2.26. The molecule has 1 aromatic rings. The van der Waals surface area contributed by atoms with Gasteiger partial charge in [0.2, 0.25) is 0 Å². The summed E-state index contributed by atoms with van der Waals surface area (Å²) in [5, 5.41) is 13.8. The van der Waals surface area contributed by atoms with Gasteiger partial charge >= 0.3 is 0 Å². The highest BCUT2D eigenvalue weighted by molar-refractivity contribution is 14.0. The lowest BCUT2D eigenvalue weighted by Gasteiger charge is -2.26. The minimum Gasteiger partial charge on any atom is -0.383 e. The van der Waals surface area contributed by atoms with E-state index in [-0.39, 0.29) is 36.6 Å². The van der Waals surface area contributed by atoms with Gasteiger partial charge in [0.15, 0.2) is 5.96 Å². The van der Waals surface area contributed by atoms with Crippen LogP contribution in [0.4, 0.5) is 0 Å². The molecule has 0 aliphatic heterocycles. The van der Waals surface area contributed by atoms with E-state index >= 15 is 0 Å². The first-order chi connectivity index (χ1) is 9.91. The van der Waals surface area contributed by atoms with Gasteiger partial charge in [0.1, 0.15) is 5.60 Å². The lowest BCUT2D eigenvalue weighted by molar-refractivity contribution is 0.0423. The standard InChI is InChI=1S/C15H24BrN3O2.HI/c1-4-15(20,12-5-7-13(16)8-6-12)10-18-14(17)19-11(2)9-21-3;/h5-8,11,20H,4,9-10H2,1-3H3,(H3,17,18,19);1H. The fraction of sp³-hybridized carbons (Fsp3) is 0.533. The molecule has 0 aromatic heterocycles. The summed E-state index contributed by atoms with van der Waals surface area (Å²) in [5.41, 5.74) is 5.65. The third kappa shape index (κ3) is 6.80. The van der Waals surface area contributed by atoms with E-state index < -0.39 is 5.60 Å². The van der Waals surface area contributed by atoms with Crippen molar-refractivity contribution in [2.24, 2.45) is 10.7 Å². The molecule has 1 aromatic carbocycles. The number of rotatable bonds is 7. The normalized spacial score (nSPS) is 15.6. The summed E-state index contributed by atoms with van der Waals surface area (Å²) < 4.78 is 6.00. The third-order valence-electron chi connectivity index (χ3n) is 3.29. The molecule has 2 atom stereocenters. The van der Waals surface area contributed by atoms with E-state index in [0.29, 0.717) is 19.0 Å². The van der Waals surface area contributed by atoms with E-state index in [9.17, 15) is 5.11 Å². The fourth-order valence-corrected chi connectivity index (χ4v) is 2.24. The molecule has 126 valence electrons. The van der Waals surface area contributed by atoms with Crippen LogP contribution < -0.4 is 11.1 Å². The molecule has 0 saturated heterocycles. The largest absolute Gasteiger partial charge is 0.383 e. The van der Waals surface area contributed by atoms with Crippen molar-refractivity contribution in [3.05, 3.63) is 34.3 Å². The van der Waals surface area contributed by atoms with Gasteiger partial charge in [-0.2, -0.15) is 0 Å². The molecule has 0 fully saturated rings. The van der Waals surface area contributed by atoms with Gasteiger partial charge in [0.25, 0.3) is 0 Å². The molecule has 22 heavy (non-hydrogen) atoms. The minimum absolute atomic E-state index is 0. The maximum absolute atomic E-state index is 10.7. The van der Waals surface area contributed by atoms with E-state index in [4.69, 9.17) is 10.5 Å². The number of halogens is 2. The smallest absolute Gasteiger partial charge is 0.188 e. The van der Waals surface area contributed by atoms with E-state index in [2.05, 4.69) is 26.2 Å². The molecular weight excluding hydrogens is 461 g/mol. The first-order valence-electron chi connectivity index (χ1n) is 6.95. The molecule has 2 unspecified atom stereocenters. The Balaban J connectivity index is 0.00000441. The fourth-order valence-electron chi connectivity index (χ4n) is 1.97. The predicted molar refractivity (Wildman–Crippen MR) is 105 cm³/mol. The quantitative estimate of drug-likeness (QED) is 0.315. The summed E-state index contributed by atoms with van der Waals surface area (Å²) in [6.45, 7) is 4.63. The van der Waals surface area contributed by atoms with Gasteiger partial charge < -0.3 is 20.9 Å². The molecule has 0 bridgehead atoms. The van der Waals surface area contributed by atoms with E-state index in [0.717, 1.165) is 10.0 Å². The van der Waals surface area contributed by atoms with Crippen LogP contribution in [0.3, 0.4) is 0 Å². The summed E-state index contributed by atoms with van der Waals surface area (Å²) >= 11 is 3.39. The lowest BCUT2D eigenvalue weighted by Crippen LogP contribution is -2.41. The van der Waals surface area contributed by atoms with Crippen molar-refractivity contribution >= 4 is 45.9 Å². The molecule has 4 N–H and O–H groups in total. The summed E-state index contributed by atoms with van der Waals surface area (Å²) in [6, 6.07) is 7.66. The van der Waals surface area contributed by atoms with Crippen LogP contribution in [-0.2, 0) is 10.3 Å². The Labute approximate surface area is 157 Å². The van der Waals surface area contributed by atoms with Crippen molar-refractivity contribution in [1.82, 2.24) is 5.32 Å². The zero-order valence-corrected chi connectivity index (χ0v) is 17.1. The zero-order valence-electron chi connectivity index (χ0n) is 13.2. The van der Waals surface area contributed by atoms with Crippen LogP contribution in [-0.4, -0.2) is 37.4 Å². The Bertz CT molecular complexity index is 470. The maximum atomic E-state index is 10.7. The van der Waals surface area contributed by atoms with Crippen molar-refractivity contribution < 1.29 is 9.84 Å². The molecule has 0 spiro atoms. The summed E-state index contributed by atoms with van der Waals surface area (Å²) in [7, 11) is 1.63. The van der Waals surface area contributed by atoms with Crippen molar-refractivity contribution in [2.45, 2.75) is 31.9 Å². The van der Waals surface area contributed by atoms with Crippen molar-refractivity contribution in [3.63, 3.8) is 0 Å². The number of nitrogens with zero attached hydrogens (tertiary/aromatic N) is 1. The van der Waals surface area contributed by atoms with Crippen LogP contribution in [0.15, 0.2) is 33.7 Å². The molecular formula is C15H25BrIN3O2. The van der Waals surface area contributed by atoms with Crippen LogP contribution in [0.1, 0.15) is 25.8 Å². The SMILES string of the molecule is CCC(O)(CN=C(N)NC(C)COC)c1ccc(Br)cc1.I. The van der Waals surface area contributed by atoms with Gasteiger partial charge in [-0.1, -0.05) is 35.0 Å². The number of nitrogens with one attached hydrogen (secondary N) is 1.